The lowest BCUT2D eigenvalue weighted by Gasteiger charge is -2.30. The Morgan fingerprint density at radius 3 is 2.48 bits per heavy atom. The van der Waals surface area contributed by atoms with E-state index in [9.17, 15) is 0 Å². The smallest absolute Gasteiger partial charge is 0.161 e. The summed E-state index contributed by atoms with van der Waals surface area (Å²) in [5.41, 5.74) is 2.76. The second-order valence-electron chi connectivity index (χ2n) is 5.75. The average molecular weight is 292 g/mol. The molecule has 0 radical (unpaired) electrons. The maximum atomic E-state index is 5.41. The maximum Gasteiger partial charge on any atom is 0.161 e. The molecule has 0 spiro atoms. The van der Waals surface area contributed by atoms with Gasteiger partial charge in [-0.15, -0.1) is 0 Å². The molecule has 1 atom stereocenters. The molecule has 0 aromatic heterocycles. The van der Waals surface area contributed by atoms with Crippen molar-refractivity contribution in [2.24, 2.45) is 0 Å². The summed E-state index contributed by atoms with van der Waals surface area (Å²) in [5, 5.41) is 3.47. The first kappa shape index (κ1) is 16.1. The van der Waals surface area contributed by atoms with Gasteiger partial charge < -0.3 is 14.8 Å². The Morgan fingerprint density at radius 2 is 1.86 bits per heavy atom. The molecule has 1 aliphatic heterocycles. The van der Waals surface area contributed by atoms with Gasteiger partial charge in [0.1, 0.15) is 0 Å². The lowest BCUT2D eigenvalue weighted by molar-refractivity contribution is 0.240. The summed E-state index contributed by atoms with van der Waals surface area (Å²) in [5.74, 6) is 1.67. The number of methoxy groups -OCH3 is 2. The van der Waals surface area contributed by atoms with E-state index in [0.29, 0.717) is 6.04 Å². The van der Waals surface area contributed by atoms with Crippen LogP contribution in [0.5, 0.6) is 11.5 Å². The van der Waals surface area contributed by atoms with Gasteiger partial charge in [0.25, 0.3) is 0 Å². The fourth-order valence-electron chi connectivity index (χ4n) is 2.96. The standard InChI is InChI=1S/C17H28N2O2/c1-5-18-13(2)6-8-19-9-7-14-10-16(20-3)17(21-4)11-15(14)12-19/h10-11,13,18H,5-9,12H2,1-4H3. The molecule has 4 heteroatoms. The molecule has 4 nitrogen and oxygen atoms in total. The fraction of sp³-hybridized carbons (Fsp3) is 0.647. The van der Waals surface area contributed by atoms with Crippen LogP contribution in [0.1, 0.15) is 31.4 Å². The number of nitrogens with one attached hydrogen (secondary N) is 1. The molecular formula is C17H28N2O2. The van der Waals surface area contributed by atoms with Gasteiger partial charge in [0.15, 0.2) is 11.5 Å². The zero-order valence-corrected chi connectivity index (χ0v) is 13.7. The summed E-state index contributed by atoms with van der Waals surface area (Å²) in [6.07, 6.45) is 2.28. The molecule has 21 heavy (non-hydrogen) atoms. The molecule has 0 fully saturated rings. The highest BCUT2D eigenvalue weighted by molar-refractivity contribution is 5.48. The highest BCUT2D eigenvalue weighted by Gasteiger charge is 2.19. The summed E-state index contributed by atoms with van der Waals surface area (Å²) in [4.78, 5) is 2.53. The van der Waals surface area contributed by atoms with Gasteiger partial charge >= 0.3 is 0 Å². The van der Waals surface area contributed by atoms with Crippen LogP contribution in [0.2, 0.25) is 0 Å². The number of hydrogen-bond acceptors (Lipinski definition) is 4. The van der Waals surface area contributed by atoms with Crippen molar-refractivity contribution in [3.05, 3.63) is 23.3 Å². The van der Waals surface area contributed by atoms with Crippen molar-refractivity contribution in [1.29, 1.82) is 0 Å². The number of ether oxygens (including phenoxy) is 2. The van der Waals surface area contributed by atoms with E-state index in [1.165, 1.54) is 17.5 Å². The van der Waals surface area contributed by atoms with E-state index in [1.807, 2.05) is 0 Å². The third-order valence-electron chi connectivity index (χ3n) is 4.23. The van der Waals surface area contributed by atoms with Crippen molar-refractivity contribution in [3.63, 3.8) is 0 Å². The second-order valence-corrected chi connectivity index (χ2v) is 5.75. The lowest BCUT2D eigenvalue weighted by atomic mass is 9.98. The fourth-order valence-corrected chi connectivity index (χ4v) is 2.96. The van der Waals surface area contributed by atoms with E-state index >= 15 is 0 Å². The summed E-state index contributed by atoms with van der Waals surface area (Å²) >= 11 is 0. The zero-order valence-electron chi connectivity index (χ0n) is 13.7. The number of fused-ring (bicyclic) bond motifs is 1. The molecule has 0 bridgehead atoms. The SMILES string of the molecule is CCNC(C)CCN1CCc2cc(OC)c(OC)cc2C1. The van der Waals surface area contributed by atoms with Crippen molar-refractivity contribution in [2.45, 2.75) is 39.3 Å². The normalized spacial score (nSPS) is 16.4. The molecule has 2 rings (SSSR count). The Hall–Kier alpha value is -1.26. The molecular weight excluding hydrogens is 264 g/mol. The van der Waals surface area contributed by atoms with E-state index in [4.69, 9.17) is 9.47 Å². The first-order chi connectivity index (χ1) is 10.2. The Balaban J connectivity index is 1.99. The van der Waals surface area contributed by atoms with Crippen LogP contribution in [0, 0.1) is 0 Å². The van der Waals surface area contributed by atoms with E-state index in [1.54, 1.807) is 14.2 Å². The van der Waals surface area contributed by atoms with Crippen LogP contribution in [-0.4, -0.2) is 44.8 Å². The Morgan fingerprint density at radius 1 is 1.19 bits per heavy atom. The van der Waals surface area contributed by atoms with Crippen molar-refractivity contribution in [3.8, 4) is 11.5 Å². The summed E-state index contributed by atoms with van der Waals surface area (Å²) < 4.78 is 10.8. The molecule has 0 saturated heterocycles. The van der Waals surface area contributed by atoms with Gasteiger partial charge in [0.05, 0.1) is 14.2 Å². The van der Waals surface area contributed by atoms with Crippen LogP contribution in [0.3, 0.4) is 0 Å². The van der Waals surface area contributed by atoms with E-state index in [2.05, 4.69) is 36.2 Å². The molecule has 0 amide bonds. The van der Waals surface area contributed by atoms with Gasteiger partial charge in [-0.05, 0) is 56.1 Å². The van der Waals surface area contributed by atoms with Gasteiger partial charge in [-0.2, -0.15) is 0 Å². The number of benzene rings is 1. The summed E-state index contributed by atoms with van der Waals surface area (Å²) in [6.45, 7) is 8.74. The van der Waals surface area contributed by atoms with E-state index < -0.39 is 0 Å². The van der Waals surface area contributed by atoms with Crippen molar-refractivity contribution >= 4 is 0 Å². The first-order valence-corrected chi connectivity index (χ1v) is 7.87. The lowest BCUT2D eigenvalue weighted by Crippen LogP contribution is -2.35. The molecule has 1 aliphatic rings. The molecule has 1 aromatic rings. The first-order valence-electron chi connectivity index (χ1n) is 7.87. The molecule has 0 saturated carbocycles. The van der Waals surface area contributed by atoms with E-state index in [-0.39, 0.29) is 0 Å². The van der Waals surface area contributed by atoms with Gasteiger partial charge in [-0.1, -0.05) is 6.92 Å². The quantitative estimate of drug-likeness (QED) is 0.837. The molecule has 0 aliphatic carbocycles. The largest absolute Gasteiger partial charge is 0.493 e. The molecule has 1 aromatic carbocycles. The maximum absolute atomic E-state index is 5.41. The summed E-state index contributed by atoms with van der Waals surface area (Å²) in [6, 6.07) is 4.85. The Bertz CT molecular complexity index is 462. The van der Waals surface area contributed by atoms with Gasteiger partial charge in [-0.3, -0.25) is 4.90 Å². The third kappa shape index (κ3) is 4.11. The van der Waals surface area contributed by atoms with Crippen molar-refractivity contribution in [2.75, 3.05) is 33.9 Å². The topological polar surface area (TPSA) is 33.7 Å². The molecule has 1 heterocycles. The monoisotopic (exact) mass is 292 g/mol. The predicted molar refractivity (Wildman–Crippen MR) is 86.3 cm³/mol. The molecule has 1 N–H and O–H groups in total. The zero-order chi connectivity index (χ0) is 15.2. The van der Waals surface area contributed by atoms with Crippen molar-refractivity contribution < 1.29 is 9.47 Å². The van der Waals surface area contributed by atoms with Crippen LogP contribution in [0.15, 0.2) is 12.1 Å². The number of rotatable bonds is 7. The predicted octanol–water partition coefficient (Wildman–Crippen LogP) is 2.45. The molecule has 118 valence electrons. The minimum Gasteiger partial charge on any atom is -0.493 e. The van der Waals surface area contributed by atoms with Crippen LogP contribution < -0.4 is 14.8 Å². The van der Waals surface area contributed by atoms with E-state index in [0.717, 1.165) is 44.1 Å². The Labute approximate surface area is 128 Å². The van der Waals surface area contributed by atoms with Gasteiger partial charge in [0, 0.05) is 19.1 Å². The van der Waals surface area contributed by atoms with Crippen LogP contribution in [0.25, 0.3) is 0 Å². The highest BCUT2D eigenvalue weighted by atomic mass is 16.5. The third-order valence-corrected chi connectivity index (χ3v) is 4.23. The van der Waals surface area contributed by atoms with Crippen LogP contribution in [0.4, 0.5) is 0 Å². The minimum atomic E-state index is 0.585. The highest BCUT2D eigenvalue weighted by Crippen LogP contribution is 2.33. The minimum absolute atomic E-state index is 0.585. The summed E-state index contributed by atoms with van der Waals surface area (Å²) in [7, 11) is 3.39. The Kier molecular flexibility index (Phi) is 5.88. The van der Waals surface area contributed by atoms with Gasteiger partial charge in [0.2, 0.25) is 0 Å². The number of nitrogens with zero attached hydrogens (tertiary/aromatic N) is 1. The van der Waals surface area contributed by atoms with Gasteiger partial charge in [-0.25, -0.2) is 0 Å². The second kappa shape index (κ2) is 7.66. The number of hydrogen-bond donors (Lipinski definition) is 1. The van der Waals surface area contributed by atoms with Crippen molar-refractivity contribution in [1.82, 2.24) is 10.2 Å². The van der Waals surface area contributed by atoms with Crippen LogP contribution in [-0.2, 0) is 13.0 Å². The molecule has 1 unspecified atom stereocenters. The van der Waals surface area contributed by atoms with Crippen LogP contribution >= 0.6 is 0 Å². The average Bonchev–Trinajstić information content (AvgIpc) is 2.51.